The molecule has 0 atom stereocenters. The molecule has 0 aliphatic carbocycles. The Balaban J connectivity index is 4.22. The fourth-order valence-corrected chi connectivity index (χ4v) is 2.47. The Labute approximate surface area is 75.7 Å². The van der Waals surface area contributed by atoms with Crippen LogP contribution in [0.1, 0.15) is 6.92 Å². The molecular weight excluding hydrogens is 220 g/mol. The van der Waals surface area contributed by atoms with Gasteiger partial charge in [-0.3, -0.25) is 4.90 Å². The van der Waals surface area contributed by atoms with Crippen molar-refractivity contribution in [3.8, 4) is 0 Å². The minimum Gasteiger partial charge on any atom is -0.810 e. The van der Waals surface area contributed by atoms with Gasteiger partial charge in [0.25, 0.3) is 0 Å². The summed E-state index contributed by atoms with van der Waals surface area (Å²) in [5, 5.41) is 0. The van der Waals surface area contributed by atoms with Gasteiger partial charge >= 0.3 is 0 Å². The SMILES string of the molecule is CCN(CP(=O)([O-])[O-])CP(=O)([O-])[O-]. The average molecular weight is 229 g/mol. The number of hydrogen-bond acceptors (Lipinski definition) is 7. The Morgan fingerprint density at radius 2 is 1.31 bits per heavy atom. The van der Waals surface area contributed by atoms with E-state index in [0.717, 1.165) is 4.90 Å². The van der Waals surface area contributed by atoms with Crippen LogP contribution >= 0.6 is 15.2 Å². The van der Waals surface area contributed by atoms with E-state index in [4.69, 9.17) is 0 Å². The van der Waals surface area contributed by atoms with Gasteiger partial charge in [0, 0.05) is 12.6 Å². The quantitative estimate of drug-likeness (QED) is 0.460. The van der Waals surface area contributed by atoms with E-state index in [1.165, 1.54) is 6.92 Å². The molecule has 0 saturated carbocycles. The van der Waals surface area contributed by atoms with E-state index in [9.17, 15) is 28.7 Å². The Hall–Kier alpha value is 0.260. The molecule has 9 heteroatoms. The minimum absolute atomic E-state index is 0.0168. The molecule has 0 spiro atoms. The summed E-state index contributed by atoms with van der Waals surface area (Å²) < 4.78 is 20.4. The maximum atomic E-state index is 10.2. The molecule has 0 aliphatic rings. The molecule has 13 heavy (non-hydrogen) atoms. The molecule has 0 amide bonds. The smallest absolute Gasteiger partial charge is 0.0264 e. The summed E-state index contributed by atoms with van der Waals surface area (Å²) >= 11 is 0. The lowest BCUT2D eigenvalue weighted by Crippen LogP contribution is -2.35. The molecule has 0 unspecified atom stereocenters. The summed E-state index contributed by atoms with van der Waals surface area (Å²) in [4.78, 5) is 41.7. The number of hydrogen-bond donors (Lipinski definition) is 0. The third kappa shape index (κ3) is 8.59. The predicted molar refractivity (Wildman–Crippen MR) is 37.3 cm³/mol. The van der Waals surface area contributed by atoms with E-state index < -0.39 is 27.8 Å². The standard InChI is InChI=1S/C4H13NO6P2/c1-2-5(3-12(6,7)8)4-13(9,10)11/h2-4H2,1H3,(H2,6,7,8)(H2,9,10,11)/p-4. The van der Waals surface area contributed by atoms with Gasteiger partial charge in [-0.25, -0.2) is 0 Å². The van der Waals surface area contributed by atoms with Gasteiger partial charge in [0.2, 0.25) is 0 Å². The molecule has 0 N–H and O–H groups in total. The van der Waals surface area contributed by atoms with Crippen LogP contribution in [-0.4, -0.2) is 24.0 Å². The zero-order chi connectivity index (χ0) is 10.7. The highest BCUT2D eigenvalue weighted by Crippen LogP contribution is 2.30. The van der Waals surface area contributed by atoms with Crippen molar-refractivity contribution in [2.24, 2.45) is 0 Å². The van der Waals surface area contributed by atoms with Crippen LogP contribution in [0.15, 0.2) is 0 Å². The van der Waals surface area contributed by atoms with E-state index in [0.29, 0.717) is 0 Å². The summed E-state index contributed by atoms with van der Waals surface area (Å²) in [7, 11) is -9.59. The molecular formula is C4H9NO6P2-4. The summed E-state index contributed by atoms with van der Waals surface area (Å²) in [6, 6.07) is 0. The second kappa shape index (κ2) is 4.66. The average Bonchev–Trinajstić information content (AvgIpc) is 1.79. The van der Waals surface area contributed by atoms with Crippen LogP contribution in [0.3, 0.4) is 0 Å². The van der Waals surface area contributed by atoms with E-state index in [1.807, 2.05) is 0 Å². The van der Waals surface area contributed by atoms with Crippen molar-refractivity contribution in [3.05, 3.63) is 0 Å². The molecule has 80 valence electrons. The van der Waals surface area contributed by atoms with Crippen molar-refractivity contribution >= 4 is 15.2 Å². The Morgan fingerprint density at radius 3 is 1.46 bits per heavy atom. The zero-order valence-corrected chi connectivity index (χ0v) is 8.70. The molecule has 0 aromatic carbocycles. The van der Waals surface area contributed by atoms with Crippen LogP contribution < -0.4 is 19.6 Å². The van der Waals surface area contributed by atoms with E-state index in [-0.39, 0.29) is 6.54 Å². The first-order valence-corrected chi connectivity index (χ1v) is 6.84. The van der Waals surface area contributed by atoms with Gasteiger partial charge in [-0.05, 0) is 6.54 Å². The lowest BCUT2D eigenvalue weighted by molar-refractivity contribution is -0.317. The topological polar surface area (TPSA) is 130 Å². The van der Waals surface area contributed by atoms with Gasteiger partial charge < -0.3 is 28.7 Å². The molecule has 0 saturated heterocycles. The van der Waals surface area contributed by atoms with Crippen LogP contribution in [0.5, 0.6) is 0 Å². The first-order valence-electron chi connectivity index (χ1n) is 3.38. The fraction of sp³-hybridized carbons (Fsp3) is 1.00. The first-order chi connectivity index (χ1) is 5.64. The van der Waals surface area contributed by atoms with Crippen molar-refractivity contribution in [3.63, 3.8) is 0 Å². The maximum Gasteiger partial charge on any atom is 0.0264 e. The van der Waals surface area contributed by atoms with Crippen LogP contribution in [0.2, 0.25) is 0 Å². The van der Waals surface area contributed by atoms with Crippen LogP contribution in [0.4, 0.5) is 0 Å². The van der Waals surface area contributed by atoms with Crippen molar-refractivity contribution < 1.29 is 28.7 Å². The summed E-state index contributed by atoms with van der Waals surface area (Å²) in [6.45, 7) is 1.47. The number of rotatable bonds is 5. The van der Waals surface area contributed by atoms with Crippen molar-refractivity contribution in [1.29, 1.82) is 0 Å². The summed E-state index contributed by atoms with van der Waals surface area (Å²) in [5.41, 5.74) is 0. The van der Waals surface area contributed by atoms with E-state index in [2.05, 4.69) is 0 Å². The highest BCUT2D eigenvalue weighted by Gasteiger charge is 2.05. The van der Waals surface area contributed by atoms with Gasteiger partial charge in [0.1, 0.15) is 0 Å². The molecule has 7 nitrogen and oxygen atoms in total. The van der Waals surface area contributed by atoms with E-state index in [1.54, 1.807) is 0 Å². The van der Waals surface area contributed by atoms with Crippen LogP contribution in [0, 0.1) is 0 Å². The molecule has 0 heterocycles. The Bertz CT molecular complexity index is 219. The predicted octanol–water partition coefficient (Wildman–Crippen LogP) is -2.95. The van der Waals surface area contributed by atoms with Gasteiger partial charge in [0.15, 0.2) is 0 Å². The molecule has 0 aliphatic heterocycles. The summed E-state index contributed by atoms with van der Waals surface area (Å²) in [6.07, 6.45) is -1.87. The second-order valence-electron chi connectivity index (χ2n) is 2.49. The first kappa shape index (κ1) is 13.3. The molecule has 0 radical (unpaired) electrons. The monoisotopic (exact) mass is 229 g/mol. The Morgan fingerprint density at radius 1 is 1.00 bits per heavy atom. The van der Waals surface area contributed by atoms with Crippen molar-refractivity contribution in [1.82, 2.24) is 4.90 Å². The highest BCUT2D eigenvalue weighted by molar-refractivity contribution is 7.49. The van der Waals surface area contributed by atoms with Crippen molar-refractivity contribution in [2.75, 3.05) is 19.1 Å². The number of nitrogens with zero attached hydrogens (tertiary/aromatic N) is 1. The van der Waals surface area contributed by atoms with Crippen LogP contribution in [0.25, 0.3) is 0 Å². The van der Waals surface area contributed by atoms with Gasteiger partial charge in [-0.15, -0.1) is 0 Å². The van der Waals surface area contributed by atoms with Crippen LogP contribution in [-0.2, 0) is 9.13 Å². The third-order valence-corrected chi connectivity index (χ3v) is 2.69. The third-order valence-electron chi connectivity index (χ3n) is 1.19. The van der Waals surface area contributed by atoms with Gasteiger partial charge in [-0.2, -0.15) is 0 Å². The van der Waals surface area contributed by atoms with Crippen molar-refractivity contribution in [2.45, 2.75) is 6.92 Å². The summed E-state index contributed by atoms with van der Waals surface area (Å²) in [5.74, 6) is 0. The zero-order valence-electron chi connectivity index (χ0n) is 6.91. The molecule has 0 fully saturated rings. The minimum atomic E-state index is -4.80. The molecule has 0 aromatic rings. The maximum absolute atomic E-state index is 10.2. The Kier molecular flexibility index (Phi) is 4.76. The lowest BCUT2D eigenvalue weighted by atomic mass is 10.7. The largest absolute Gasteiger partial charge is 0.810 e. The van der Waals surface area contributed by atoms with Gasteiger partial charge in [0.05, 0.1) is 0 Å². The molecule has 0 rings (SSSR count). The molecule has 0 aromatic heterocycles. The van der Waals surface area contributed by atoms with E-state index >= 15 is 0 Å². The van der Waals surface area contributed by atoms with Gasteiger partial charge in [-0.1, -0.05) is 22.1 Å². The lowest BCUT2D eigenvalue weighted by Gasteiger charge is -2.40. The molecule has 0 bridgehead atoms. The normalized spacial score (nSPS) is 13.7. The second-order valence-corrected chi connectivity index (χ2v) is 5.50. The highest BCUT2D eigenvalue weighted by atomic mass is 31.2. The fourth-order valence-electron chi connectivity index (χ4n) is 0.735.